The fourth-order valence-corrected chi connectivity index (χ4v) is 3.30. The minimum atomic E-state index is 0.243. The summed E-state index contributed by atoms with van der Waals surface area (Å²) in [5.41, 5.74) is 2.74. The van der Waals surface area contributed by atoms with Crippen molar-refractivity contribution in [3.8, 4) is 11.3 Å². The third-order valence-electron chi connectivity index (χ3n) is 4.22. The molecule has 1 fully saturated rings. The van der Waals surface area contributed by atoms with E-state index in [1.54, 1.807) is 0 Å². The number of nitrogens with zero attached hydrogens (tertiary/aromatic N) is 2. The largest absolute Gasteiger partial charge is 0.376 e. The van der Waals surface area contributed by atoms with Gasteiger partial charge in [-0.3, -0.25) is 4.40 Å². The van der Waals surface area contributed by atoms with Gasteiger partial charge in [0.25, 0.3) is 0 Å². The summed E-state index contributed by atoms with van der Waals surface area (Å²) < 4.78 is 7.70. The summed E-state index contributed by atoms with van der Waals surface area (Å²) in [6, 6.07) is 11.5. The molecule has 0 radical (unpaired) electrons. The number of halogens is 2. The summed E-state index contributed by atoms with van der Waals surface area (Å²) in [6.07, 6.45) is 4.32. The van der Waals surface area contributed by atoms with Crippen molar-refractivity contribution >= 4 is 34.7 Å². The average molecular weight is 362 g/mol. The van der Waals surface area contributed by atoms with Crippen LogP contribution in [0.2, 0.25) is 10.0 Å². The predicted octanol–water partition coefficient (Wildman–Crippen LogP) is 4.90. The summed E-state index contributed by atoms with van der Waals surface area (Å²) in [4.78, 5) is 4.76. The van der Waals surface area contributed by atoms with Gasteiger partial charge in [-0.05, 0) is 37.1 Å². The summed E-state index contributed by atoms with van der Waals surface area (Å²) >= 11 is 12.2. The number of imidazole rings is 1. The van der Waals surface area contributed by atoms with Gasteiger partial charge in [0.1, 0.15) is 17.2 Å². The Morgan fingerprint density at radius 3 is 2.67 bits per heavy atom. The fourth-order valence-electron chi connectivity index (χ4n) is 3.01. The van der Waals surface area contributed by atoms with Crippen LogP contribution in [0, 0.1) is 0 Å². The summed E-state index contributed by atoms with van der Waals surface area (Å²) in [6.45, 7) is 1.59. The second-order valence-electron chi connectivity index (χ2n) is 5.91. The van der Waals surface area contributed by atoms with E-state index in [-0.39, 0.29) is 6.10 Å². The van der Waals surface area contributed by atoms with Crippen LogP contribution in [0.1, 0.15) is 12.8 Å². The highest BCUT2D eigenvalue weighted by atomic mass is 35.5. The van der Waals surface area contributed by atoms with Gasteiger partial charge in [0, 0.05) is 29.9 Å². The summed E-state index contributed by atoms with van der Waals surface area (Å²) in [5.74, 6) is 0.922. The van der Waals surface area contributed by atoms with Crippen LogP contribution in [0.15, 0.2) is 42.6 Å². The van der Waals surface area contributed by atoms with E-state index in [1.807, 2.05) is 47.0 Å². The zero-order chi connectivity index (χ0) is 16.5. The average Bonchev–Trinajstić information content (AvgIpc) is 3.21. The second kappa shape index (κ2) is 6.63. The van der Waals surface area contributed by atoms with Crippen molar-refractivity contribution < 1.29 is 4.74 Å². The molecule has 0 bridgehead atoms. The number of fused-ring (bicyclic) bond motifs is 1. The summed E-state index contributed by atoms with van der Waals surface area (Å²) in [7, 11) is 0. The van der Waals surface area contributed by atoms with Crippen LogP contribution in [0.5, 0.6) is 0 Å². The van der Waals surface area contributed by atoms with Crippen molar-refractivity contribution in [3.05, 3.63) is 52.6 Å². The number of aromatic nitrogens is 2. The lowest BCUT2D eigenvalue weighted by atomic mass is 10.1. The molecule has 124 valence electrons. The van der Waals surface area contributed by atoms with Crippen LogP contribution in [0.4, 0.5) is 5.82 Å². The Balaban J connectivity index is 1.75. The molecule has 0 amide bonds. The molecule has 2 aromatic heterocycles. The highest BCUT2D eigenvalue weighted by Gasteiger charge is 2.19. The number of benzene rings is 1. The van der Waals surface area contributed by atoms with Gasteiger partial charge in [-0.2, -0.15) is 0 Å². The SMILES string of the molecule is Clc1ccc(-c2nc3ccc(Cl)cn3c2NCC2CCCO2)cc1. The molecule has 24 heavy (non-hydrogen) atoms. The molecule has 0 aliphatic carbocycles. The maximum absolute atomic E-state index is 6.18. The molecule has 0 saturated carbocycles. The minimum Gasteiger partial charge on any atom is -0.376 e. The Labute approximate surface area is 150 Å². The van der Waals surface area contributed by atoms with E-state index >= 15 is 0 Å². The Kier molecular flexibility index (Phi) is 4.35. The first kappa shape index (κ1) is 15.8. The molecule has 1 aliphatic rings. The Hall–Kier alpha value is -1.75. The van der Waals surface area contributed by atoms with Gasteiger partial charge < -0.3 is 10.1 Å². The van der Waals surface area contributed by atoms with Gasteiger partial charge in [0.05, 0.1) is 11.1 Å². The van der Waals surface area contributed by atoms with Gasteiger partial charge in [0.2, 0.25) is 0 Å². The maximum Gasteiger partial charge on any atom is 0.139 e. The van der Waals surface area contributed by atoms with Crippen LogP contribution in [-0.2, 0) is 4.74 Å². The van der Waals surface area contributed by atoms with E-state index in [4.69, 9.17) is 32.9 Å². The quantitative estimate of drug-likeness (QED) is 0.718. The third-order valence-corrected chi connectivity index (χ3v) is 4.70. The van der Waals surface area contributed by atoms with E-state index < -0.39 is 0 Å². The number of anilines is 1. The van der Waals surface area contributed by atoms with Crippen molar-refractivity contribution in [2.75, 3.05) is 18.5 Å². The standard InChI is InChI=1S/C18H17Cl2N3O/c19-13-5-3-12(4-6-13)17-18(21-10-15-2-1-9-24-15)23-11-14(20)7-8-16(23)22-17/h3-8,11,15,21H,1-2,9-10H2. The fraction of sp³-hybridized carbons (Fsp3) is 0.278. The maximum atomic E-state index is 6.18. The lowest BCUT2D eigenvalue weighted by Gasteiger charge is -2.13. The van der Waals surface area contributed by atoms with E-state index in [9.17, 15) is 0 Å². The number of nitrogens with one attached hydrogen (secondary N) is 1. The number of rotatable bonds is 4. The van der Waals surface area contributed by atoms with Crippen LogP contribution >= 0.6 is 23.2 Å². The van der Waals surface area contributed by atoms with Gasteiger partial charge in [-0.25, -0.2) is 4.98 Å². The normalized spacial score (nSPS) is 17.5. The molecule has 1 aromatic carbocycles. The minimum absolute atomic E-state index is 0.243. The molecule has 4 nitrogen and oxygen atoms in total. The Morgan fingerprint density at radius 2 is 1.92 bits per heavy atom. The van der Waals surface area contributed by atoms with Crippen molar-refractivity contribution in [2.24, 2.45) is 0 Å². The van der Waals surface area contributed by atoms with Crippen molar-refractivity contribution in [1.82, 2.24) is 9.38 Å². The molecule has 1 atom stereocenters. The third kappa shape index (κ3) is 3.09. The van der Waals surface area contributed by atoms with E-state index in [0.29, 0.717) is 10.0 Å². The zero-order valence-electron chi connectivity index (χ0n) is 13.0. The first-order valence-corrected chi connectivity index (χ1v) is 8.75. The van der Waals surface area contributed by atoms with Crippen LogP contribution in [0.3, 0.4) is 0 Å². The monoisotopic (exact) mass is 361 g/mol. The van der Waals surface area contributed by atoms with E-state index in [0.717, 1.165) is 48.7 Å². The molecule has 0 spiro atoms. The predicted molar refractivity (Wildman–Crippen MR) is 98.1 cm³/mol. The lowest BCUT2D eigenvalue weighted by molar-refractivity contribution is 0.120. The number of pyridine rings is 1. The van der Waals surface area contributed by atoms with Crippen molar-refractivity contribution in [1.29, 1.82) is 0 Å². The molecular formula is C18H17Cl2N3O. The summed E-state index contributed by atoms with van der Waals surface area (Å²) in [5, 5.41) is 4.88. The molecule has 1 N–H and O–H groups in total. The van der Waals surface area contributed by atoms with Crippen molar-refractivity contribution in [2.45, 2.75) is 18.9 Å². The molecule has 1 saturated heterocycles. The molecule has 1 unspecified atom stereocenters. The highest BCUT2D eigenvalue weighted by Crippen LogP contribution is 2.31. The first-order chi connectivity index (χ1) is 11.7. The van der Waals surface area contributed by atoms with E-state index in [2.05, 4.69) is 5.32 Å². The van der Waals surface area contributed by atoms with Crippen LogP contribution in [-0.4, -0.2) is 28.6 Å². The second-order valence-corrected chi connectivity index (χ2v) is 6.78. The van der Waals surface area contributed by atoms with Gasteiger partial charge >= 0.3 is 0 Å². The number of hydrogen-bond acceptors (Lipinski definition) is 3. The molecule has 6 heteroatoms. The first-order valence-electron chi connectivity index (χ1n) is 8.00. The smallest absolute Gasteiger partial charge is 0.139 e. The highest BCUT2D eigenvalue weighted by molar-refractivity contribution is 6.30. The topological polar surface area (TPSA) is 38.6 Å². The van der Waals surface area contributed by atoms with Gasteiger partial charge in [-0.1, -0.05) is 35.3 Å². The van der Waals surface area contributed by atoms with Gasteiger partial charge in [-0.15, -0.1) is 0 Å². The molecule has 1 aliphatic heterocycles. The zero-order valence-corrected chi connectivity index (χ0v) is 14.5. The van der Waals surface area contributed by atoms with Crippen LogP contribution in [0.25, 0.3) is 16.9 Å². The van der Waals surface area contributed by atoms with Crippen LogP contribution < -0.4 is 5.32 Å². The molecule has 3 aromatic rings. The molecule has 4 rings (SSSR count). The molecular weight excluding hydrogens is 345 g/mol. The van der Waals surface area contributed by atoms with Crippen molar-refractivity contribution in [3.63, 3.8) is 0 Å². The molecule has 3 heterocycles. The Bertz CT molecular complexity index is 855. The Morgan fingerprint density at radius 1 is 1.12 bits per heavy atom. The van der Waals surface area contributed by atoms with E-state index in [1.165, 1.54) is 0 Å². The number of ether oxygens (including phenoxy) is 1. The number of hydrogen-bond donors (Lipinski definition) is 1. The van der Waals surface area contributed by atoms with Gasteiger partial charge in [0.15, 0.2) is 0 Å². The lowest BCUT2D eigenvalue weighted by Crippen LogP contribution is -2.19.